The Labute approximate surface area is 173 Å². The predicted octanol–water partition coefficient (Wildman–Crippen LogP) is 6.23. The fourth-order valence-electron chi connectivity index (χ4n) is 2.29. The van der Waals surface area contributed by atoms with Gasteiger partial charge in [-0.25, -0.2) is 4.99 Å². The van der Waals surface area contributed by atoms with Crippen molar-refractivity contribution < 1.29 is 0 Å². The van der Waals surface area contributed by atoms with Crippen LogP contribution in [0.4, 0.5) is 5.69 Å². The molecule has 3 nitrogen and oxygen atoms in total. The Bertz CT molecular complexity index is 821. The second-order valence-corrected chi connectivity index (χ2v) is 8.10. The van der Waals surface area contributed by atoms with Crippen LogP contribution in [0.1, 0.15) is 18.1 Å². The second-order valence-electron chi connectivity index (χ2n) is 5.83. The first kappa shape index (κ1) is 21.0. The normalized spacial score (nSPS) is 12.0. The predicted molar refractivity (Wildman–Crippen MR) is 120 cm³/mol. The van der Waals surface area contributed by atoms with Crippen LogP contribution in [0.5, 0.6) is 0 Å². The lowest BCUT2D eigenvalue weighted by molar-refractivity contribution is 0.552. The summed E-state index contributed by atoms with van der Waals surface area (Å²) in [5.74, 6) is 0.775. The molecule has 26 heavy (non-hydrogen) atoms. The summed E-state index contributed by atoms with van der Waals surface area (Å²) in [6, 6.07) is 12.2. The van der Waals surface area contributed by atoms with Gasteiger partial charge in [0.1, 0.15) is 0 Å². The molecule has 0 bridgehead atoms. The van der Waals surface area contributed by atoms with Crippen LogP contribution in [0.15, 0.2) is 55.8 Å². The molecular weight excluding hydrogens is 430 g/mol. The standard InChI is InChI=1S/C20H23BrClN3S/c1-5-25(4)13-24-18-10-14(2)15(11-17(18)22)19(23-3)12-26-20-9-7-6-8-16(20)21/h6-11,13H,5,12H2,1-4H3/b23-19+,24-13-. The summed E-state index contributed by atoms with van der Waals surface area (Å²) in [5, 5.41) is 0.637. The molecule has 0 aliphatic rings. The molecule has 0 saturated carbocycles. The van der Waals surface area contributed by atoms with E-state index < -0.39 is 0 Å². The number of aryl methyl sites for hydroxylation is 1. The van der Waals surface area contributed by atoms with E-state index in [1.165, 1.54) is 4.90 Å². The van der Waals surface area contributed by atoms with E-state index >= 15 is 0 Å². The minimum Gasteiger partial charge on any atom is -0.366 e. The fraction of sp³-hybridized carbons (Fsp3) is 0.300. The van der Waals surface area contributed by atoms with E-state index in [-0.39, 0.29) is 0 Å². The van der Waals surface area contributed by atoms with Crippen molar-refractivity contribution >= 4 is 57.0 Å². The minimum atomic E-state index is 0.637. The molecule has 6 heteroatoms. The highest BCUT2D eigenvalue weighted by Crippen LogP contribution is 2.31. The molecule has 2 rings (SSSR count). The number of thioether (sulfide) groups is 1. The first-order valence-electron chi connectivity index (χ1n) is 8.34. The highest BCUT2D eigenvalue weighted by Gasteiger charge is 2.12. The third-order valence-corrected chi connectivity index (χ3v) is 6.31. The van der Waals surface area contributed by atoms with E-state index in [0.29, 0.717) is 5.02 Å². The van der Waals surface area contributed by atoms with E-state index in [1.54, 1.807) is 18.1 Å². The summed E-state index contributed by atoms with van der Waals surface area (Å²) in [5.41, 5.74) is 3.99. The van der Waals surface area contributed by atoms with Gasteiger partial charge in [0, 0.05) is 41.3 Å². The third-order valence-electron chi connectivity index (χ3n) is 3.97. The van der Waals surface area contributed by atoms with Gasteiger partial charge in [-0.2, -0.15) is 0 Å². The van der Waals surface area contributed by atoms with Crippen molar-refractivity contribution in [2.45, 2.75) is 18.7 Å². The monoisotopic (exact) mass is 451 g/mol. The van der Waals surface area contributed by atoms with Crippen LogP contribution in [0.3, 0.4) is 0 Å². The number of aliphatic imine (C=N–C) groups is 2. The van der Waals surface area contributed by atoms with Gasteiger partial charge in [-0.15, -0.1) is 11.8 Å². The molecule has 0 N–H and O–H groups in total. The molecule has 2 aromatic rings. The Hall–Kier alpha value is -1.30. The van der Waals surface area contributed by atoms with Gasteiger partial charge in [-0.05, 0) is 59.6 Å². The van der Waals surface area contributed by atoms with Crippen molar-refractivity contribution in [3.63, 3.8) is 0 Å². The number of hydrogen-bond donors (Lipinski definition) is 0. The van der Waals surface area contributed by atoms with E-state index in [0.717, 1.165) is 39.3 Å². The van der Waals surface area contributed by atoms with Crippen molar-refractivity contribution in [2.75, 3.05) is 26.4 Å². The molecule has 0 radical (unpaired) electrons. The zero-order chi connectivity index (χ0) is 19.1. The summed E-state index contributed by atoms with van der Waals surface area (Å²) in [6.07, 6.45) is 1.80. The zero-order valence-corrected chi connectivity index (χ0v) is 18.6. The van der Waals surface area contributed by atoms with Gasteiger partial charge in [0.25, 0.3) is 0 Å². The molecule has 0 amide bonds. The van der Waals surface area contributed by atoms with Crippen molar-refractivity contribution in [3.05, 3.63) is 57.0 Å². The van der Waals surface area contributed by atoms with Crippen LogP contribution >= 0.6 is 39.3 Å². The van der Waals surface area contributed by atoms with Gasteiger partial charge in [0.15, 0.2) is 0 Å². The highest BCUT2D eigenvalue weighted by molar-refractivity contribution is 9.10. The summed E-state index contributed by atoms with van der Waals surface area (Å²) in [4.78, 5) is 12.2. The number of nitrogens with zero attached hydrogens (tertiary/aromatic N) is 3. The van der Waals surface area contributed by atoms with Crippen molar-refractivity contribution in [1.82, 2.24) is 4.90 Å². The molecule has 0 aliphatic carbocycles. The van der Waals surface area contributed by atoms with Crippen molar-refractivity contribution in [2.24, 2.45) is 9.98 Å². The van der Waals surface area contributed by atoms with Crippen LogP contribution in [-0.2, 0) is 0 Å². The van der Waals surface area contributed by atoms with Crippen LogP contribution in [0.2, 0.25) is 5.02 Å². The molecule has 0 spiro atoms. The maximum Gasteiger partial charge on any atom is 0.0910 e. The Morgan fingerprint density at radius 3 is 2.69 bits per heavy atom. The molecule has 0 aliphatic heterocycles. The van der Waals surface area contributed by atoms with Crippen LogP contribution in [-0.4, -0.2) is 43.3 Å². The van der Waals surface area contributed by atoms with E-state index in [1.807, 2.05) is 49.3 Å². The number of hydrogen-bond acceptors (Lipinski definition) is 3. The quantitative estimate of drug-likeness (QED) is 0.283. The Morgan fingerprint density at radius 1 is 1.31 bits per heavy atom. The van der Waals surface area contributed by atoms with Gasteiger partial charge in [0.05, 0.1) is 22.8 Å². The minimum absolute atomic E-state index is 0.637. The van der Waals surface area contributed by atoms with Crippen LogP contribution in [0, 0.1) is 6.92 Å². The SMILES string of the molecule is CCN(C)/C=N\c1cc(C)c(/C(CSc2ccccc2Br)=N/C)cc1Cl. The third kappa shape index (κ3) is 5.60. The molecule has 138 valence electrons. The molecule has 0 saturated heterocycles. The smallest absolute Gasteiger partial charge is 0.0910 e. The molecular formula is C20H23BrClN3S. The van der Waals surface area contributed by atoms with Gasteiger partial charge >= 0.3 is 0 Å². The maximum absolute atomic E-state index is 6.47. The van der Waals surface area contributed by atoms with Gasteiger partial charge in [0.2, 0.25) is 0 Å². The average molecular weight is 453 g/mol. The number of halogens is 2. The molecule has 2 aromatic carbocycles. The summed E-state index contributed by atoms with van der Waals surface area (Å²) < 4.78 is 1.10. The number of rotatable bonds is 7. The van der Waals surface area contributed by atoms with Crippen molar-refractivity contribution in [1.29, 1.82) is 0 Å². The average Bonchev–Trinajstić information content (AvgIpc) is 2.64. The summed E-state index contributed by atoms with van der Waals surface area (Å²) in [7, 11) is 3.81. The lowest BCUT2D eigenvalue weighted by Gasteiger charge is -2.13. The largest absolute Gasteiger partial charge is 0.366 e. The van der Waals surface area contributed by atoms with E-state index in [4.69, 9.17) is 11.6 Å². The topological polar surface area (TPSA) is 28.0 Å². The molecule has 0 aromatic heterocycles. The number of benzene rings is 2. The zero-order valence-electron chi connectivity index (χ0n) is 15.5. The van der Waals surface area contributed by atoms with Crippen LogP contribution < -0.4 is 0 Å². The Morgan fingerprint density at radius 2 is 2.04 bits per heavy atom. The van der Waals surface area contributed by atoms with E-state index in [2.05, 4.69) is 45.8 Å². The fourth-order valence-corrected chi connectivity index (χ4v) is 4.09. The Balaban J connectivity index is 2.22. The highest BCUT2D eigenvalue weighted by atomic mass is 79.9. The lowest BCUT2D eigenvalue weighted by Crippen LogP contribution is -2.14. The molecule has 0 heterocycles. The van der Waals surface area contributed by atoms with Gasteiger partial charge in [-0.1, -0.05) is 23.7 Å². The van der Waals surface area contributed by atoms with Gasteiger partial charge < -0.3 is 4.90 Å². The Kier molecular flexibility index (Phi) is 8.19. The summed E-state index contributed by atoms with van der Waals surface area (Å²) in [6.45, 7) is 5.05. The molecule has 0 unspecified atom stereocenters. The first-order valence-corrected chi connectivity index (χ1v) is 10.5. The van der Waals surface area contributed by atoms with Crippen LogP contribution in [0.25, 0.3) is 0 Å². The molecule has 0 fully saturated rings. The van der Waals surface area contributed by atoms with Crippen molar-refractivity contribution in [3.8, 4) is 0 Å². The second kappa shape index (κ2) is 10.1. The van der Waals surface area contributed by atoms with Gasteiger partial charge in [-0.3, -0.25) is 4.99 Å². The summed E-state index contributed by atoms with van der Waals surface area (Å²) >= 11 is 11.8. The van der Waals surface area contributed by atoms with E-state index in [9.17, 15) is 0 Å². The lowest BCUT2D eigenvalue weighted by atomic mass is 10.0. The first-order chi connectivity index (χ1) is 12.5. The molecule has 0 atom stereocenters. The maximum atomic E-state index is 6.47.